The van der Waals surface area contributed by atoms with Gasteiger partial charge in [0.2, 0.25) is 10.0 Å². The molecule has 124 valence electrons. The van der Waals surface area contributed by atoms with Gasteiger partial charge in [0, 0.05) is 18.0 Å². The van der Waals surface area contributed by atoms with Crippen LogP contribution in [0.5, 0.6) is 0 Å². The summed E-state index contributed by atoms with van der Waals surface area (Å²) in [6, 6.07) is 3.09. The molecule has 0 radical (unpaired) electrons. The summed E-state index contributed by atoms with van der Waals surface area (Å²) >= 11 is 6.85. The number of sulfonamides is 1. The van der Waals surface area contributed by atoms with Crippen molar-refractivity contribution in [3.8, 4) is 0 Å². The van der Waals surface area contributed by atoms with Crippen molar-refractivity contribution in [1.82, 2.24) is 9.84 Å². The molecule has 0 aromatic carbocycles. The third-order valence-electron chi connectivity index (χ3n) is 2.82. The summed E-state index contributed by atoms with van der Waals surface area (Å²) in [7, 11) is -3.72. The van der Waals surface area contributed by atoms with Gasteiger partial charge in [-0.2, -0.15) is 0 Å². The summed E-state index contributed by atoms with van der Waals surface area (Å²) in [5, 5.41) is 0.790. The Kier molecular flexibility index (Phi) is 5.69. The fourth-order valence-corrected chi connectivity index (χ4v) is 3.39. The van der Waals surface area contributed by atoms with Crippen LogP contribution in [0.2, 0.25) is 4.34 Å². The number of halogens is 1. The van der Waals surface area contributed by atoms with E-state index in [4.69, 9.17) is 11.6 Å². The largest absolute Gasteiger partial charge is 0.291 e. The van der Waals surface area contributed by atoms with Crippen LogP contribution < -0.4 is 4.83 Å². The lowest BCUT2D eigenvalue weighted by Crippen LogP contribution is -2.48. The maximum absolute atomic E-state index is 12.4. The molecule has 10 heteroatoms. The number of nitrogens with zero attached hydrogens (tertiary/aromatic N) is 2. The van der Waals surface area contributed by atoms with E-state index in [9.17, 15) is 18.0 Å². The van der Waals surface area contributed by atoms with Crippen molar-refractivity contribution in [3.05, 3.63) is 33.1 Å². The molecule has 0 saturated carbocycles. The number of hydrogen-bond donors (Lipinski definition) is 1. The lowest BCUT2D eigenvalue weighted by Gasteiger charge is -2.22. The second kappa shape index (κ2) is 7.35. The van der Waals surface area contributed by atoms with E-state index in [0.717, 1.165) is 22.6 Å². The van der Waals surface area contributed by atoms with E-state index in [2.05, 4.69) is 9.82 Å². The minimum atomic E-state index is -3.72. The van der Waals surface area contributed by atoms with E-state index < -0.39 is 28.3 Å². The van der Waals surface area contributed by atoms with Crippen molar-refractivity contribution < 1.29 is 18.0 Å². The highest BCUT2D eigenvalue weighted by Gasteiger charge is 2.25. The predicted molar refractivity (Wildman–Crippen MR) is 89.2 cm³/mol. The van der Waals surface area contributed by atoms with Crippen molar-refractivity contribution >= 4 is 50.9 Å². The number of amides is 1. The quantitative estimate of drug-likeness (QED) is 0.603. The molecule has 0 fully saturated rings. The molecule has 2 heterocycles. The molecule has 23 heavy (non-hydrogen) atoms. The molecule has 0 saturated heterocycles. The number of aliphatic imine (C=N–C) groups is 1. The zero-order chi connectivity index (χ0) is 17.0. The first-order valence-corrected chi connectivity index (χ1v) is 9.63. The van der Waals surface area contributed by atoms with Crippen molar-refractivity contribution in [2.45, 2.75) is 12.8 Å². The molecular weight excluding hydrogens is 362 g/mol. The van der Waals surface area contributed by atoms with Crippen LogP contribution in [0.3, 0.4) is 0 Å². The Morgan fingerprint density at radius 3 is 2.70 bits per heavy atom. The summed E-state index contributed by atoms with van der Waals surface area (Å²) in [5.41, 5.74) is 0.334. The topological polar surface area (TPSA) is 95.9 Å². The molecule has 1 N–H and O–H groups in total. The summed E-state index contributed by atoms with van der Waals surface area (Å²) in [6.07, 6.45) is 4.95. The van der Waals surface area contributed by atoms with E-state index in [1.165, 1.54) is 12.3 Å². The molecule has 2 rings (SSSR count). The van der Waals surface area contributed by atoms with Crippen LogP contribution >= 0.6 is 22.9 Å². The Labute approximate surface area is 142 Å². The second-order valence-electron chi connectivity index (χ2n) is 4.81. The van der Waals surface area contributed by atoms with Crippen LogP contribution in [0.25, 0.3) is 0 Å². The Bertz CT molecular complexity index is 783. The van der Waals surface area contributed by atoms with Crippen molar-refractivity contribution in [3.63, 3.8) is 0 Å². The van der Waals surface area contributed by atoms with Crippen LogP contribution in [0.1, 0.15) is 22.5 Å². The van der Waals surface area contributed by atoms with Crippen LogP contribution in [0.15, 0.2) is 28.9 Å². The van der Waals surface area contributed by atoms with Gasteiger partial charge in [-0.3, -0.25) is 19.6 Å². The number of nitrogens with one attached hydrogen (secondary N) is 1. The number of carbonyl (C=O) groups is 2. The van der Waals surface area contributed by atoms with Gasteiger partial charge in [0.05, 0.1) is 15.5 Å². The van der Waals surface area contributed by atoms with E-state index in [0.29, 0.717) is 27.6 Å². The monoisotopic (exact) mass is 375 g/mol. The third kappa shape index (κ3) is 5.24. The minimum Gasteiger partial charge on any atom is -0.291 e. The molecule has 0 unspecified atom stereocenters. The number of ketones is 1. The Hall–Kier alpha value is -1.55. The maximum atomic E-state index is 12.4. The van der Waals surface area contributed by atoms with Crippen molar-refractivity contribution in [2.75, 3.05) is 12.8 Å². The van der Waals surface area contributed by atoms with Crippen LogP contribution in [-0.2, 0) is 14.8 Å². The zero-order valence-corrected chi connectivity index (χ0v) is 14.5. The third-order valence-corrected chi connectivity index (χ3v) is 4.65. The number of thiophene rings is 1. The molecule has 1 amide bonds. The van der Waals surface area contributed by atoms with Gasteiger partial charge >= 0.3 is 0 Å². The second-order valence-corrected chi connectivity index (χ2v) is 8.25. The van der Waals surface area contributed by atoms with Gasteiger partial charge in [0.1, 0.15) is 6.54 Å². The first kappa shape index (κ1) is 17.8. The van der Waals surface area contributed by atoms with Crippen molar-refractivity contribution in [1.29, 1.82) is 0 Å². The number of rotatable bonds is 6. The first-order valence-electron chi connectivity index (χ1n) is 6.55. The highest BCUT2D eigenvalue weighted by atomic mass is 35.5. The van der Waals surface area contributed by atoms with Crippen LogP contribution in [-0.4, -0.2) is 44.1 Å². The van der Waals surface area contributed by atoms with E-state index in [1.54, 1.807) is 12.3 Å². The SMILES string of the molecule is CS(=O)(=O)NN(CC(=O)c1ccc(Cl)s1)C(=O)C1=CN=CCC1. The molecular formula is C13H14ClN3O4S2. The molecule has 7 nitrogen and oxygen atoms in total. The average Bonchev–Trinajstić information content (AvgIpc) is 2.92. The Morgan fingerprint density at radius 1 is 1.43 bits per heavy atom. The van der Waals surface area contributed by atoms with Gasteiger partial charge in [-0.1, -0.05) is 11.6 Å². The Balaban J connectivity index is 2.20. The number of hydrazine groups is 1. The van der Waals surface area contributed by atoms with Gasteiger partial charge < -0.3 is 0 Å². The highest BCUT2D eigenvalue weighted by molar-refractivity contribution is 7.88. The van der Waals surface area contributed by atoms with Gasteiger partial charge in [-0.25, -0.2) is 8.42 Å². The van der Waals surface area contributed by atoms with E-state index in [-0.39, 0.29) is 0 Å². The summed E-state index contributed by atoms with van der Waals surface area (Å²) in [6.45, 7) is -0.427. The lowest BCUT2D eigenvalue weighted by molar-refractivity contribution is -0.128. The lowest BCUT2D eigenvalue weighted by atomic mass is 10.1. The van der Waals surface area contributed by atoms with Gasteiger partial charge in [-0.05, 0) is 25.0 Å². The first-order chi connectivity index (χ1) is 10.8. The fourth-order valence-electron chi connectivity index (χ4n) is 1.87. The molecule has 1 aliphatic rings. The fraction of sp³-hybridized carbons (Fsp3) is 0.308. The van der Waals surface area contributed by atoms with Gasteiger partial charge in [0.25, 0.3) is 5.91 Å². The summed E-state index contributed by atoms with van der Waals surface area (Å²) in [5.74, 6) is -1.01. The molecule has 1 aromatic heterocycles. The number of Topliss-reactive ketones (excluding diaryl/α,β-unsaturated/α-hetero) is 1. The standard InChI is InChI=1S/C13H14ClN3O4S2/c1-23(20,21)16-17(13(19)9-3-2-6-15-7-9)8-10(18)11-4-5-12(14)22-11/h4-7,16H,2-3,8H2,1H3. The molecule has 1 aromatic rings. The summed E-state index contributed by atoms with van der Waals surface area (Å²) in [4.78, 5) is 31.0. The Morgan fingerprint density at radius 2 is 2.17 bits per heavy atom. The highest BCUT2D eigenvalue weighted by Crippen LogP contribution is 2.22. The van der Waals surface area contributed by atoms with Crippen LogP contribution in [0.4, 0.5) is 0 Å². The van der Waals surface area contributed by atoms with Gasteiger partial charge in [-0.15, -0.1) is 16.2 Å². The zero-order valence-electron chi connectivity index (χ0n) is 12.2. The molecule has 0 atom stereocenters. The smallest absolute Gasteiger partial charge is 0.266 e. The average molecular weight is 376 g/mol. The normalized spacial score (nSPS) is 14.4. The molecule has 0 bridgehead atoms. The molecule has 0 spiro atoms. The minimum absolute atomic E-state index is 0.334. The number of carbonyl (C=O) groups excluding carboxylic acids is 2. The molecule has 1 aliphatic heterocycles. The molecule has 0 aliphatic carbocycles. The predicted octanol–water partition coefficient (Wildman–Crippen LogP) is 1.63. The maximum Gasteiger partial charge on any atom is 0.266 e. The van der Waals surface area contributed by atoms with Crippen molar-refractivity contribution in [2.24, 2.45) is 4.99 Å². The van der Waals surface area contributed by atoms with E-state index in [1.807, 2.05) is 0 Å². The van der Waals surface area contributed by atoms with Crippen LogP contribution in [0, 0.1) is 0 Å². The summed E-state index contributed by atoms with van der Waals surface area (Å²) < 4.78 is 23.4. The number of hydrogen-bond acceptors (Lipinski definition) is 6. The van der Waals surface area contributed by atoms with E-state index >= 15 is 0 Å². The van der Waals surface area contributed by atoms with Gasteiger partial charge in [0.15, 0.2) is 5.78 Å².